The predicted octanol–water partition coefficient (Wildman–Crippen LogP) is 2.43. The summed E-state index contributed by atoms with van der Waals surface area (Å²) >= 11 is 0. The van der Waals surface area contributed by atoms with E-state index in [0.717, 1.165) is 19.3 Å². The monoisotopic (exact) mass is 241 g/mol. The molecule has 0 fully saturated rings. The first kappa shape index (κ1) is 16.1. The summed E-state index contributed by atoms with van der Waals surface area (Å²) in [5, 5.41) is 0. The Kier molecular flexibility index (Phi) is 12.4. The van der Waals surface area contributed by atoms with E-state index in [-0.39, 0.29) is 17.1 Å². The molecule has 0 heterocycles. The van der Waals surface area contributed by atoms with Gasteiger partial charge in [-0.3, -0.25) is 9.59 Å². The van der Waals surface area contributed by atoms with Crippen molar-refractivity contribution in [1.82, 2.24) is 0 Å². The zero-order valence-corrected chi connectivity index (χ0v) is 10.0. The van der Waals surface area contributed by atoms with Gasteiger partial charge in [0.2, 0.25) is 0 Å². The second kappa shape index (κ2) is 10.7. The number of hydrogen-bond donors (Lipinski definition) is 0. The van der Waals surface area contributed by atoms with Crippen LogP contribution in [0.4, 0.5) is 0 Å². The second-order valence-corrected chi connectivity index (χ2v) is 3.13. The Morgan fingerprint density at radius 1 is 1.07 bits per heavy atom. The number of carbonyl (C=O) groups excluding carboxylic acids is 2. The maximum Gasteiger partial charge on any atom is 0.313 e. The van der Waals surface area contributed by atoms with Gasteiger partial charge < -0.3 is 4.74 Å². The molecule has 0 saturated heterocycles. The van der Waals surface area contributed by atoms with E-state index >= 15 is 0 Å². The molecule has 0 amide bonds. The molecule has 83 valence electrons. The van der Waals surface area contributed by atoms with Gasteiger partial charge in [-0.15, -0.1) is 0 Å². The fourth-order valence-corrected chi connectivity index (χ4v) is 1.08. The third-order valence-electron chi connectivity index (χ3n) is 1.74. The molecule has 0 aromatic heterocycles. The van der Waals surface area contributed by atoms with Gasteiger partial charge in [-0.2, -0.15) is 0 Å². The smallest absolute Gasteiger partial charge is 0.313 e. The average Bonchev–Trinajstić information content (AvgIpc) is 2.02. The summed E-state index contributed by atoms with van der Waals surface area (Å²) in [7, 11) is 0. The van der Waals surface area contributed by atoms with E-state index in [0.29, 0.717) is 6.42 Å². The molecule has 0 aliphatic carbocycles. The molecule has 4 heteroatoms. The Morgan fingerprint density at radius 3 is 2.14 bits per heavy atom. The summed E-state index contributed by atoms with van der Waals surface area (Å²) < 4.78 is 4.38. The van der Waals surface area contributed by atoms with E-state index in [2.05, 4.69) is 11.7 Å². The van der Waals surface area contributed by atoms with Crippen LogP contribution in [0.2, 0.25) is 0 Å². The third kappa shape index (κ3) is 11.7. The zero-order chi connectivity index (χ0) is 10.1. The fraction of sp³-hybridized carbons (Fsp3) is 0.800. The molecule has 1 radical (unpaired) electrons. The summed E-state index contributed by atoms with van der Waals surface area (Å²) in [6, 6.07) is 0. The molecular weight excluding hydrogens is 223 g/mol. The molecule has 14 heavy (non-hydrogen) atoms. The van der Waals surface area contributed by atoms with Crippen molar-refractivity contribution in [2.75, 3.05) is 0 Å². The summed E-state index contributed by atoms with van der Waals surface area (Å²) in [5.74, 6) is -0.914. The van der Waals surface area contributed by atoms with Crippen LogP contribution in [0, 0.1) is 0 Å². The van der Waals surface area contributed by atoms with Crippen LogP contribution >= 0.6 is 0 Å². The molecule has 0 atom stereocenters. The molecule has 0 aliphatic rings. The van der Waals surface area contributed by atoms with Gasteiger partial charge in [0.05, 0.1) is 0 Å². The normalized spacial score (nSPS) is 9.00. The molecule has 0 aromatic carbocycles. The van der Waals surface area contributed by atoms with E-state index in [1.807, 2.05) is 0 Å². The number of esters is 2. The van der Waals surface area contributed by atoms with Gasteiger partial charge in [0.1, 0.15) is 0 Å². The van der Waals surface area contributed by atoms with Crippen molar-refractivity contribution < 1.29 is 31.4 Å². The minimum Gasteiger partial charge on any atom is -0.393 e. The van der Waals surface area contributed by atoms with Gasteiger partial charge in [-0.25, -0.2) is 0 Å². The van der Waals surface area contributed by atoms with Crippen molar-refractivity contribution in [3.05, 3.63) is 0 Å². The third-order valence-corrected chi connectivity index (χ3v) is 1.74. The molecule has 3 nitrogen and oxygen atoms in total. The molecule has 0 rings (SSSR count). The average molecular weight is 241 g/mol. The molecular formula is C10H18MnO3. The van der Waals surface area contributed by atoms with Crippen LogP contribution in [0.25, 0.3) is 0 Å². The Hall–Kier alpha value is -0.341. The molecule has 0 saturated carbocycles. The standard InChI is InChI=1S/C10H18O3.Mn/c1-3-4-5-6-7-8-10(12)13-9(2)11;/h3-8H2,1-2H3;. The molecule has 0 N–H and O–H groups in total. The van der Waals surface area contributed by atoms with E-state index in [1.165, 1.54) is 19.8 Å². The van der Waals surface area contributed by atoms with Crippen molar-refractivity contribution in [3.8, 4) is 0 Å². The number of ether oxygens (including phenoxy) is 1. The Labute approximate surface area is 96.1 Å². The van der Waals surface area contributed by atoms with Crippen LogP contribution < -0.4 is 0 Å². The topological polar surface area (TPSA) is 43.4 Å². The fourth-order valence-electron chi connectivity index (χ4n) is 1.08. The molecule has 0 bridgehead atoms. The van der Waals surface area contributed by atoms with E-state index in [1.54, 1.807) is 0 Å². The van der Waals surface area contributed by atoms with Crippen LogP contribution in [-0.2, 0) is 31.4 Å². The van der Waals surface area contributed by atoms with Crippen LogP contribution in [0.1, 0.15) is 52.4 Å². The van der Waals surface area contributed by atoms with Crippen LogP contribution in [0.3, 0.4) is 0 Å². The van der Waals surface area contributed by atoms with E-state index < -0.39 is 11.9 Å². The van der Waals surface area contributed by atoms with Gasteiger partial charge in [0, 0.05) is 30.4 Å². The van der Waals surface area contributed by atoms with Gasteiger partial charge in [-0.1, -0.05) is 32.6 Å². The van der Waals surface area contributed by atoms with Crippen molar-refractivity contribution in [3.63, 3.8) is 0 Å². The quantitative estimate of drug-likeness (QED) is 0.310. The Bertz CT molecular complexity index is 169. The van der Waals surface area contributed by atoms with Gasteiger partial charge in [0.25, 0.3) is 0 Å². The first-order valence-corrected chi connectivity index (χ1v) is 4.88. The molecule has 0 unspecified atom stereocenters. The zero-order valence-electron chi connectivity index (χ0n) is 8.85. The van der Waals surface area contributed by atoms with Gasteiger partial charge in [0.15, 0.2) is 0 Å². The predicted molar refractivity (Wildman–Crippen MR) is 50.1 cm³/mol. The van der Waals surface area contributed by atoms with Crippen molar-refractivity contribution in [1.29, 1.82) is 0 Å². The van der Waals surface area contributed by atoms with Gasteiger partial charge in [-0.05, 0) is 6.42 Å². The summed E-state index contributed by atoms with van der Waals surface area (Å²) in [4.78, 5) is 21.2. The summed E-state index contributed by atoms with van der Waals surface area (Å²) in [5.41, 5.74) is 0. The number of hydrogen-bond acceptors (Lipinski definition) is 3. The van der Waals surface area contributed by atoms with Crippen LogP contribution in [-0.4, -0.2) is 11.9 Å². The van der Waals surface area contributed by atoms with Crippen LogP contribution in [0.15, 0.2) is 0 Å². The number of rotatable bonds is 6. The van der Waals surface area contributed by atoms with Crippen molar-refractivity contribution in [2.24, 2.45) is 0 Å². The largest absolute Gasteiger partial charge is 0.393 e. The first-order valence-electron chi connectivity index (χ1n) is 4.88. The second-order valence-electron chi connectivity index (χ2n) is 3.13. The minimum absolute atomic E-state index is 0. The summed E-state index contributed by atoms with van der Waals surface area (Å²) in [6.07, 6.45) is 5.79. The van der Waals surface area contributed by atoms with Gasteiger partial charge >= 0.3 is 11.9 Å². The molecule has 0 aromatic rings. The van der Waals surface area contributed by atoms with E-state index in [9.17, 15) is 9.59 Å². The Balaban J connectivity index is 0. The Morgan fingerprint density at radius 2 is 1.64 bits per heavy atom. The van der Waals surface area contributed by atoms with Crippen molar-refractivity contribution >= 4 is 11.9 Å². The number of unbranched alkanes of at least 4 members (excludes halogenated alkanes) is 4. The van der Waals surface area contributed by atoms with Crippen molar-refractivity contribution in [2.45, 2.75) is 52.4 Å². The summed E-state index contributed by atoms with van der Waals surface area (Å²) in [6.45, 7) is 3.39. The van der Waals surface area contributed by atoms with E-state index in [4.69, 9.17) is 0 Å². The maximum atomic E-state index is 10.8. The molecule has 0 spiro atoms. The SMILES string of the molecule is CCCCCCCC(=O)OC(C)=O.[Mn]. The van der Waals surface area contributed by atoms with Crippen LogP contribution in [0.5, 0.6) is 0 Å². The minimum atomic E-state index is -0.515. The maximum absolute atomic E-state index is 10.8. The first-order chi connectivity index (χ1) is 6.16. The molecule has 0 aliphatic heterocycles. The number of carbonyl (C=O) groups is 2.